The molecule has 11 heteroatoms. The highest BCUT2D eigenvalue weighted by Gasteiger charge is 2.48. The maximum atomic E-state index is 13.4. The van der Waals surface area contributed by atoms with E-state index in [0.29, 0.717) is 86.7 Å². The second-order valence-corrected chi connectivity index (χ2v) is 11.2. The van der Waals surface area contributed by atoms with Crippen LogP contribution in [0.25, 0.3) is 0 Å². The average molecular weight is 516 g/mol. The van der Waals surface area contributed by atoms with Crippen LogP contribution in [0.15, 0.2) is 18.5 Å². The van der Waals surface area contributed by atoms with E-state index in [1.54, 1.807) is 0 Å². The zero-order chi connectivity index (χ0) is 24.8. The monoisotopic (exact) mass is 515 g/mol. The second kappa shape index (κ2) is 9.42. The molecule has 7 nitrogen and oxygen atoms in total. The molecule has 3 aliphatic heterocycles. The summed E-state index contributed by atoms with van der Waals surface area (Å²) >= 11 is 0.709. The van der Waals surface area contributed by atoms with Gasteiger partial charge in [-0.1, -0.05) is 0 Å². The number of aliphatic hydroxyl groups excluding tert-OH is 1. The highest BCUT2D eigenvalue weighted by molar-refractivity contribution is 7.12. The van der Waals surface area contributed by atoms with E-state index in [2.05, 4.69) is 16.9 Å². The molecule has 3 atom stereocenters. The van der Waals surface area contributed by atoms with Gasteiger partial charge in [0.25, 0.3) is 0 Å². The number of hydrogen-bond donors (Lipinski definition) is 2. The Labute approximate surface area is 206 Å². The number of halogens is 3. The fourth-order valence-corrected chi connectivity index (χ4v) is 6.80. The van der Waals surface area contributed by atoms with Gasteiger partial charge >= 0.3 is 6.18 Å². The van der Waals surface area contributed by atoms with Crippen LogP contribution in [0.4, 0.5) is 13.2 Å². The van der Waals surface area contributed by atoms with Crippen molar-refractivity contribution in [1.29, 1.82) is 0 Å². The van der Waals surface area contributed by atoms with Crippen molar-refractivity contribution >= 4 is 11.3 Å². The van der Waals surface area contributed by atoms with Crippen LogP contribution in [0.1, 0.15) is 66.0 Å². The number of likely N-dealkylation sites (tertiary alicyclic amines) is 1. The van der Waals surface area contributed by atoms with E-state index in [0.717, 1.165) is 11.6 Å². The molecule has 0 aliphatic carbocycles. The topological polar surface area (TPSA) is 80.0 Å². The van der Waals surface area contributed by atoms with Gasteiger partial charge in [-0.3, -0.25) is 9.58 Å². The van der Waals surface area contributed by atoms with Crippen molar-refractivity contribution in [1.82, 2.24) is 14.7 Å². The summed E-state index contributed by atoms with van der Waals surface area (Å²) in [6.07, 6.45) is 1.43. The molecule has 1 spiro atoms. The Morgan fingerprint density at radius 3 is 2.74 bits per heavy atom. The minimum absolute atomic E-state index is 0.0129. The number of alkyl halides is 3. The van der Waals surface area contributed by atoms with Crippen LogP contribution < -0.4 is 0 Å². The lowest BCUT2D eigenvalue weighted by Crippen LogP contribution is -2.50. The summed E-state index contributed by atoms with van der Waals surface area (Å²) in [5, 5.41) is 25.4. The predicted octanol–water partition coefficient (Wildman–Crippen LogP) is 3.84. The van der Waals surface area contributed by atoms with Crippen LogP contribution in [0.3, 0.4) is 0 Å². The van der Waals surface area contributed by atoms with Crippen molar-refractivity contribution in [2.45, 2.75) is 81.6 Å². The fourth-order valence-electron chi connectivity index (χ4n) is 5.54. The lowest BCUT2D eigenvalue weighted by atomic mass is 9.81. The van der Waals surface area contributed by atoms with Crippen LogP contribution in [0, 0.1) is 0 Å². The van der Waals surface area contributed by atoms with E-state index in [9.17, 15) is 23.4 Å². The maximum absolute atomic E-state index is 13.4. The van der Waals surface area contributed by atoms with Crippen LogP contribution in [0.5, 0.6) is 0 Å². The van der Waals surface area contributed by atoms with E-state index >= 15 is 0 Å². The van der Waals surface area contributed by atoms with Crippen molar-refractivity contribution in [2.24, 2.45) is 0 Å². The molecule has 2 aromatic heterocycles. The third-order valence-corrected chi connectivity index (χ3v) is 9.07. The first-order valence-corrected chi connectivity index (χ1v) is 13.0. The fraction of sp³-hybridized carbons (Fsp3) is 0.708. The molecular formula is C24H32F3N3O4S. The molecule has 3 aliphatic rings. The van der Waals surface area contributed by atoms with Gasteiger partial charge in [0.05, 0.1) is 18.4 Å². The molecule has 35 heavy (non-hydrogen) atoms. The minimum Gasteiger partial charge on any atom is -0.390 e. The van der Waals surface area contributed by atoms with Crippen molar-refractivity contribution in [3.63, 3.8) is 0 Å². The number of fused-ring (bicyclic) bond motifs is 2. The second-order valence-electron chi connectivity index (χ2n) is 10.2. The summed E-state index contributed by atoms with van der Waals surface area (Å²) in [5.74, 6) is 0. The number of rotatable bonds is 5. The smallest absolute Gasteiger partial charge is 0.390 e. The van der Waals surface area contributed by atoms with Crippen LogP contribution in [0.2, 0.25) is 0 Å². The van der Waals surface area contributed by atoms with Gasteiger partial charge in [-0.2, -0.15) is 18.3 Å². The number of piperidine rings is 1. The Morgan fingerprint density at radius 2 is 2.03 bits per heavy atom. The minimum atomic E-state index is -4.43. The van der Waals surface area contributed by atoms with Gasteiger partial charge in [0.1, 0.15) is 16.6 Å². The number of aromatic nitrogens is 2. The molecule has 194 valence electrons. The lowest BCUT2D eigenvalue weighted by Gasteiger charge is -2.47. The van der Waals surface area contributed by atoms with E-state index in [4.69, 9.17) is 9.47 Å². The number of ether oxygens (including phenoxy) is 2. The Hall–Kier alpha value is -1.50. The molecule has 2 saturated heterocycles. The third kappa shape index (κ3) is 5.17. The summed E-state index contributed by atoms with van der Waals surface area (Å²) in [5.41, 5.74) is -0.0629. The van der Waals surface area contributed by atoms with Crippen molar-refractivity contribution < 1.29 is 32.9 Å². The number of hydrogen-bond acceptors (Lipinski definition) is 7. The Bertz CT molecular complexity index is 1040. The first-order chi connectivity index (χ1) is 16.6. The van der Waals surface area contributed by atoms with Crippen LogP contribution in [-0.2, 0) is 34.3 Å². The molecule has 0 unspecified atom stereocenters. The van der Waals surface area contributed by atoms with Crippen molar-refractivity contribution in [3.05, 3.63) is 39.3 Å². The van der Waals surface area contributed by atoms with Crippen LogP contribution >= 0.6 is 11.3 Å². The molecule has 0 saturated carbocycles. The summed E-state index contributed by atoms with van der Waals surface area (Å²) in [7, 11) is 0. The van der Waals surface area contributed by atoms with E-state index < -0.39 is 28.4 Å². The van der Waals surface area contributed by atoms with Crippen LogP contribution in [-0.4, -0.2) is 62.9 Å². The maximum Gasteiger partial charge on any atom is 0.425 e. The number of aryl methyl sites for hydroxylation is 1. The van der Waals surface area contributed by atoms with Gasteiger partial charge in [0.15, 0.2) is 0 Å². The quantitative estimate of drug-likeness (QED) is 0.630. The molecule has 0 amide bonds. The zero-order valence-electron chi connectivity index (χ0n) is 19.8. The van der Waals surface area contributed by atoms with Crippen molar-refractivity contribution in [2.75, 3.05) is 26.4 Å². The van der Waals surface area contributed by atoms with Gasteiger partial charge in [-0.15, -0.1) is 11.3 Å². The first kappa shape index (κ1) is 25.2. The third-order valence-electron chi connectivity index (χ3n) is 7.68. The predicted molar refractivity (Wildman–Crippen MR) is 123 cm³/mol. The summed E-state index contributed by atoms with van der Waals surface area (Å²) in [6.45, 7) is 5.24. The average Bonchev–Trinajstić information content (AvgIpc) is 3.46. The van der Waals surface area contributed by atoms with E-state index in [-0.39, 0.29) is 12.6 Å². The molecule has 5 rings (SSSR count). The number of nitrogens with zero attached hydrogens (tertiary/aromatic N) is 3. The van der Waals surface area contributed by atoms with Gasteiger partial charge < -0.3 is 19.7 Å². The normalized spacial score (nSPS) is 29.4. The van der Waals surface area contributed by atoms with Crippen molar-refractivity contribution in [3.8, 4) is 0 Å². The number of aliphatic hydroxyl groups is 2. The summed E-state index contributed by atoms with van der Waals surface area (Å²) in [6, 6.07) is 1.17. The molecule has 2 fully saturated rings. The first-order valence-electron chi connectivity index (χ1n) is 12.2. The molecule has 0 aromatic carbocycles. The highest BCUT2D eigenvalue weighted by Crippen LogP contribution is 2.51. The SMILES string of the molecule is C[C@H]1C[C@@]2(CCN1Cc1cnn(CCC3(O)CCOCC3)c1)OC[C@@H](O)c1cc(C(F)(F)F)sc12. The Kier molecular flexibility index (Phi) is 6.77. The molecule has 0 bridgehead atoms. The molecule has 5 heterocycles. The Morgan fingerprint density at radius 1 is 1.26 bits per heavy atom. The highest BCUT2D eigenvalue weighted by atomic mass is 32.1. The van der Waals surface area contributed by atoms with Gasteiger partial charge in [0, 0.05) is 61.1 Å². The largest absolute Gasteiger partial charge is 0.425 e. The molecule has 2 N–H and O–H groups in total. The standard InChI is InChI=1S/C24H32F3N3O4S/c1-16-11-23(21-18(19(31)15-34-23)10-20(35-21)24(25,26)27)3-6-29(16)13-17-12-28-30(14-17)7-2-22(32)4-8-33-9-5-22/h10,12,14,16,19,31-32H,2-9,11,13,15H2,1H3/t16-,19+,23+/m0/s1. The van der Waals surface area contributed by atoms with Gasteiger partial charge in [-0.25, -0.2) is 0 Å². The molecular weight excluding hydrogens is 483 g/mol. The summed E-state index contributed by atoms with van der Waals surface area (Å²) < 4.78 is 53.4. The molecule has 0 radical (unpaired) electrons. The number of thiophene rings is 1. The summed E-state index contributed by atoms with van der Waals surface area (Å²) in [4.78, 5) is 2.14. The van der Waals surface area contributed by atoms with E-state index in [1.165, 1.54) is 0 Å². The van der Waals surface area contributed by atoms with Gasteiger partial charge in [-0.05, 0) is 45.1 Å². The lowest BCUT2D eigenvalue weighted by molar-refractivity contribution is -0.139. The van der Waals surface area contributed by atoms with E-state index in [1.807, 2.05) is 17.1 Å². The van der Waals surface area contributed by atoms with Gasteiger partial charge in [0.2, 0.25) is 0 Å². The zero-order valence-corrected chi connectivity index (χ0v) is 20.6. The molecule has 2 aromatic rings. The Balaban J connectivity index is 1.23.